The van der Waals surface area contributed by atoms with Gasteiger partial charge < -0.3 is 4.42 Å². The van der Waals surface area contributed by atoms with Crippen molar-refractivity contribution < 1.29 is 9.21 Å². The first-order chi connectivity index (χ1) is 7.36. The number of carbonyl (C=O) groups is 1. The Hall–Kier alpha value is -0.740. The Morgan fingerprint density at radius 3 is 3.20 bits per heavy atom. The van der Waals surface area contributed by atoms with Gasteiger partial charge in [0.15, 0.2) is 5.76 Å². The lowest BCUT2D eigenvalue weighted by Crippen LogP contribution is -2.31. The third-order valence-corrected chi connectivity index (χ3v) is 3.53. The molecule has 0 spiro atoms. The van der Waals surface area contributed by atoms with E-state index in [0.717, 1.165) is 18.8 Å². The standard InChI is InChI=1S/C11H15NO2S/c13-10(11-3-1-6-14-11)9-12-4-2-7-15-8-5-12/h1,3,6H,2,4-5,7-9H2. The molecule has 0 aromatic carbocycles. The van der Waals surface area contributed by atoms with E-state index in [9.17, 15) is 4.79 Å². The van der Waals surface area contributed by atoms with Crippen LogP contribution in [0, 0.1) is 0 Å². The largest absolute Gasteiger partial charge is 0.461 e. The molecule has 3 nitrogen and oxygen atoms in total. The maximum absolute atomic E-state index is 11.7. The number of hydrogen-bond acceptors (Lipinski definition) is 4. The zero-order valence-electron chi connectivity index (χ0n) is 8.65. The van der Waals surface area contributed by atoms with Crippen LogP contribution in [0.5, 0.6) is 0 Å². The summed E-state index contributed by atoms with van der Waals surface area (Å²) < 4.78 is 5.09. The van der Waals surface area contributed by atoms with Crippen molar-refractivity contribution in [1.82, 2.24) is 4.90 Å². The fraction of sp³-hybridized carbons (Fsp3) is 0.545. The van der Waals surface area contributed by atoms with Crippen molar-refractivity contribution in [3.05, 3.63) is 24.2 Å². The lowest BCUT2D eigenvalue weighted by atomic mass is 10.2. The lowest BCUT2D eigenvalue weighted by molar-refractivity contribution is 0.0908. The van der Waals surface area contributed by atoms with Gasteiger partial charge in [-0.15, -0.1) is 0 Å². The summed E-state index contributed by atoms with van der Waals surface area (Å²) in [6, 6.07) is 3.49. The first kappa shape index (κ1) is 10.8. The topological polar surface area (TPSA) is 33.5 Å². The Balaban J connectivity index is 1.87. The van der Waals surface area contributed by atoms with E-state index in [1.54, 1.807) is 18.4 Å². The van der Waals surface area contributed by atoms with Crippen molar-refractivity contribution in [2.45, 2.75) is 6.42 Å². The molecule has 0 aliphatic carbocycles. The molecule has 2 rings (SSSR count). The van der Waals surface area contributed by atoms with E-state index < -0.39 is 0 Å². The van der Waals surface area contributed by atoms with Crippen LogP contribution in [0.1, 0.15) is 17.0 Å². The van der Waals surface area contributed by atoms with Gasteiger partial charge in [0.1, 0.15) is 0 Å². The van der Waals surface area contributed by atoms with E-state index in [1.807, 2.05) is 11.8 Å². The van der Waals surface area contributed by atoms with Gasteiger partial charge in [0.25, 0.3) is 0 Å². The van der Waals surface area contributed by atoms with Crippen LogP contribution in [-0.4, -0.2) is 41.8 Å². The predicted octanol–water partition coefficient (Wildman–Crippen LogP) is 1.90. The van der Waals surface area contributed by atoms with Gasteiger partial charge in [-0.05, 0) is 30.9 Å². The number of nitrogens with zero attached hydrogens (tertiary/aromatic N) is 1. The smallest absolute Gasteiger partial charge is 0.211 e. The fourth-order valence-corrected chi connectivity index (χ4v) is 2.60. The molecule has 0 N–H and O–H groups in total. The molecule has 1 aliphatic rings. The minimum atomic E-state index is 0.0897. The van der Waals surface area contributed by atoms with Crippen molar-refractivity contribution in [3.8, 4) is 0 Å². The second-order valence-electron chi connectivity index (χ2n) is 3.64. The van der Waals surface area contributed by atoms with Crippen LogP contribution >= 0.6 is 11.8 Å². The first-order valence-corrected chi connectivity index (χ1v) is 6.38. The molecular weight excluding hydrogens is 210 g/mol. The van der Waals surface area contributed by atoms with Crippen molar-refractivity contribution in [2.24, 2.45) is 0 Å². The second kappa shape index (κ2) is 5.37. The lowest BCUT2D eigenvalue weighted by Gasteiger charge is -2.17. The van der Waals surface area contributed by atoms with Crippen LogP contribution in [0.15, 0.2) is 22.8 Å². The number of Topliss-reactive ketones (excluding diaryl/α,β-unsaturated/α-hetero) is 1. The first-order valence-electron chi connectivity index (χ1n) is 5.23. The van der Waals surface area contributed by atoms with Gasteiger partial charge in [-0.25, -0.2) is 0 Å². The molecule has 1 aromatic rings. The highest BCUT2D eigenvalue weighted by Crippen LogP contribution is 2.11. The van der Waals surface area contributed by atoms with Crippen molar-refractivity contribution >= 4 is 17.5 Å². The zero-order valence-corrected chi connectivity index (χ0v) is 9.46. The number of hydrogen-bond donors (Lipinski definition) is 0. The zero-order chi connectivity index (χ0) is 10.5. The number of carbonyl (C=O) groups excluding carboxylic acids is 1. The summed E-state index contributed by atoms with van der Waals surface area (Å²) in [6.45, 7) is 2.53. The highest BCUT2D eigenvalue weighted by molar-refractivity contribution is 7.99. The summed E-state index contributed by atoms with van der Waals surface area (Å²) in [5.41, 5.74) is 0. The Bertz CT molecular complexity index is 302. The Labute approximate surface area is 93.8 Å². The van der Waals surface area contributed by atoms with Gasteiger partial charge in [-0.3, -0.25) is 9.69 Å². The quantitative estimate of drug-likeness (QED) is 0.736. The molecule has 0 atom stereocenters. The third-order valence-electron chi connectivity index (χ3n) is 2.48. The van der Waals surface area contributed by atoms with Gasteiger partial charge >= 0.3 is 0 Å². The maximum Gasteiger partial charge on any atom is 0.211 e. The average molecular weight is 225 g/mol. The summed E-state index contributed by atoms with van der Waals surface area (Å²) in [5.74, 6) is 2.91. The number of ketones is 1. The Kier molecular flexibility index (Phi) is 3.86. The molecule has 0 radical (unpaired) electrons. The van der Waals surface area contributed by atoms with Crippen LogP contribution in [0.2, 0.25) is 0 Å². The molecule has 1 aliphatic heterocycles. The monoisotopic (exact) mass is 225 g/mol. The second-order valence-corrected chi connectivity index (χ2v) is 4.87. The minimum Gasteiger partial charge on any atom is -0.461 e. The molecule has 0 saturated carbocycles. The van der Waals surface area contributed by atoms with Gasteiger partial charge in [-0.2, -0.15) is 11.8 Å². The molecular formula is C11H15NO2S. The Morgan fingerprint density at radius 2 is 2.40 bits per heavy atom. The molecule has 0 bridgehead atoms. The van der Waals surface area contributed by atoms with Crippen LogP contribution < -0.4 is 0 Å². The highest BCUT2D eigenvalue weighted by Gasteiger charge is 2.15. The molecule has 1 fully saturated rings. The maximum atomic E-state index is 11.7. The molecule has 0 unspecified atom stereocenters. The Morgan fingerprint density at radius 1 is 1.47 bits per heavy atom. The van der Waals surface area contributed by atoms with E-state index in [4.69, 9.17) is 4.42 Å². The number of furan rings is 1. The van der Waals surface area contributed by atoms with E-state index in [2.05, 4.69) is 4.90 Å². The summed E-state index contributed by atoms with van der Waals surface area (Å²) in [6.07, 6.45) is 2.72. The summed E-state index contributed by atoms with van der Waals surface area (Å²) in [5, 5.41) is 0. The third kappa shape index (κ3) is 3.11. The van der Waals surface area contributed by atoms with E-state index in [1.165, 1.54) is 12.2 Å². The van der Waals surface area contributed by atoms with Crippen molar-refractivity contribution in [2.75, 3.05) is 31.1 Å². The number of rotatable bonds is 3. The van der Waals surface area contributed by atoms with Crippen LogP contribution in [0.25, 0.3) is 0 Å². The minimum absolute atomic E-state index is 0.0897. The van der Waals surface area contributed by atoms with Crippen LogP contribution in [-0.2, 0) is 0 Å². The highest BCUT2D eigenvalue weighted by atomic mass is 32.2. The average Bonchev–Trinajstić information content (AvgIpc) is 2.65. The van der Waals surface area contributed by atoms with E-state index in [0.29, 0.717) is 12.3 Å². The molecule has 82 valence electrons. The molecule has 2 heterocycles. The van der Waals surface area contributed by atoms with Crippen molar-refractivity contribution in [1.29, 1.82) is 0 Å². The van der Waals surface area contributed by atoms with E-state index >= 15 is 0 Å². The summed E-state index contributed by atoms with van der Waals surface area (Å²) in [4.78, 5) is 14.0. The fourth-order valence-electron chi connectivity index (χ4n) is 1.67. The van der Waals surface area contributed by atoms with Crippen LogP contribution in [0.4, 0.5) is 0 Å². The summed E-state index contributed by atoms with van der Waals surface area (Å²) in [7, 11) is 0. The SMILES string of the molecule is O=C(CN1CCCSCC1)c1ccco1. The molecule has 0 amide bonds. The molecule has 1 aromatic heterocycles. The van der Waals surface area contributed by atoms with E-state index in [-0.39, 0.29) is 5.78 Å². The predicted molar refractivity (Wildman–Crippen MR) is 61.4 cm³/mol. The molecule has 4 heteroatoms. The normalized spacial score (nSPS) is 18.7. The van der Waals surface area contributed by atoms with Gasteiger partial charge in [-0.1, -0.05) is 0 Å². The van der Waals surface area contributed by atoms with Crippen molar-refractivity contribution in [3.63, 3.8) is 0 Å². The van der Waals surface area contributed by atoms with Crippen LogP contribution in [0.3, 0.4) is 0 Å². The molecule has 1 saturated heterocycles. The summed E-state index contributed by atoms with van der Waals surface area (Å²) >= 11 is 1.97. The van der Waals surface area contributed by atoms with Gasteiger partial charge in [0, 0.05) is 12.3 Å². The van der Waals surface area contributed by atoms with Gasteiger partial charge in [0.2, 0.25) is 5.78 Å². The number of thioether (sulfide) groups is 1. The van der Waals surface area contributed by atoms with Gasteiger partial charge in [0.05, 0.1) is 12.8 Å². The molecule has 15 heavy (non-hydrogen) atoms.